The van der Waals surface area contributed by atoms with E-state index >= 15 is 0 Å². The molecular formula is C26H24N4O5. The maximum atomic E-state index is 13.0. The van der Waals surface area contributed by atoms with Crippen LogP contribution in [0.1, 0.15) is 46.8 Å². The highest BCUT2D eigenvalue weighted by atomic mass is 16.5. The van der Waals surface area contributed by atoms with E-state index in [-0.39, 0.29) is 30.0 Å². The number of carbonyl (C=O) groups is 3. The second kappa shape index (κ2) is 7.97. The van der Waals surface area contributed by atoms with Crippen molar-refractivity contribution in [3.63, 3.8) is 0 Å². The average Bonchev–Trinajstić information content (AvgIpc) is 3.33. The van der Waals surface area contributed by atoms with E-state index in [2.05, 4.69) is 27.6 Å². The van der Waals surface area contributed by atoms with Gasteiger partial charge in [0.05, 0.1) is 0 Å². The van der Waals surface area contributed by atoms with Gasteiger partial charge in [-0.15, -0.1) is 0 Å². The molecule has 1 saturated heterocycles. The summed E-state index contributed by atoms with van der Waals surface area (Å²) in [6.07, 6.45) is 1.38. The molecule has 35 heavy (non-hydrogen) atoms. The summed E-state index contributed by atoms with van der Waals surface area (Å²) in [6, 6.07) is 17.6. The number of carbonyl (C=O) groups excluding carboxylic acids is 2. The number of aromatic amines is 1. The van der Waals surface area contributed by atoms with Crippen LogP contribution < -0.4 is 5.32 Å². The summed E-state index contributed by atoms with van der Waals surface area (Å²) in [5.74, 6) is -1.32. The van der Waals surface area contributed by atoms with E-state index in [0.29, 0.717) is 13.0 Å². The minimum Gasteiger partial charge on any atom is -0.479 e. The zero-order chi connectivity index (χ0) is 24.2. The van der Waals surface area contributed by atoms with Crippen LogP contribution in [0.15, 0.2) is 54.6 Å². The van der Waals surface area contributed by atoms with E-state index in [4.69, 9.17) is 4.74 Å². The van der Waals surface area contributed by atoms with Gasteiger partial charge in [-0.1, -0.05) is 48.5 Å². The van der Waals surface area contributed by atoms with E-state index in [0.717, 1.165) is 35.1 Å². The highest BCUT2D eigenvalue weighted by Crippen LogP contribution is 2.54. The molecule has 6 rings (SSSR count). The molecule has 2 atom stereocenters. The normalized spacial score (nSPS) is 22.1. The van der Waals surface area contributed by atoms with Crippen LogP contribution in [0.2, 0.25) is 0 Å². The summed E-state index contributed by atoms with van der Waals surface area (Å²) in [6.45, 7) is 0.544. The van der Waals surface area contributed by atoms with Crippen LogP contribution in [-0.2, 0) is 9.53 Å². The molecule has 2 fully saturated rings. The Kier molecular flexibility index (Phi) is 4.87. The first-order valence-electron chi connectivity index (χ1n) is 11.7. The highest BCUT2D eigenvalue weighted by molar-refractivity contribution is 5.99. The molecule has 1 aliphatic heterocycles. The molecule has 2 aliphatic carbocycles. The van der Waals surface area contributed by atoms with Gasteiger partial charge in [0.2, 0.25) is 0 Å². The minimum atomic E-state index is -1.11. The van der Waals surface area contributed by atoms with Crippen LogP contribution in [0.5, 0.6) is 0 Å². The number of piperidine rings is 1. The molecule has 0 unspecified atom stereocenters. The van der Waals surface area contributed by atoms with Gasteiger partial charge >= 0.3 is 12.1 Å². The monoisotopic (exact) mass is 472 g/mol. The van der Waals surface area contributed by atoms with Crippen molar-refractivity contribution in [1.29, 1.82) is 0 Å². The quantitative estimate of drug-likeness (QED) is 0.518. The van der Waals surface area contributed by atoms with Gasteiger partial charge in [0, 0.05) is 18.5 Å². The number of aromatic nitrogens is 2. The van der Waals surface area contributed by atoms with Crippen LogP contribution in [0, 0.1) is 5.92 Å². The number of carboxylic acid groups (broad SMARTS) is 1. The predicted molar refractivity (Wildman–Crippen MR) is 126 cm³/mol. The zero-order valence-electron chi connectivity index (χ0n) is 18.9. The molecule has 1 saturated carbocycles. The first-order chi connectivity index (χ1) is 17.0. The number of likely N-dealkylation sites (tertiary alicyclic amines) is 1. The Morgan fingerprint density at radius 3 is 2.49 bits per heavy atom. The van der Waals surface area contributed by atoms with Gasteiger partial charge in [0.1, 0.15) is 17.8 Å². The van der Waals surface area contributed by atoms with Crippen LogP contribution in [-0.4, -0.2) is 56.9 Å². The number of anilines is 1. The number of hydrogen-bond donors (Lipinski definition) is 3. The number of hydrogen-bond acceptors (Lipinski definition) is 5. The predicted octanol–water partition coefficient (Wildman–Crippen LogP) is 3.85. The molecule has 178 valence electrons. The topological polar surface area (TPSA) is 125 Å². The van der Waals surface area contributed by atoms with Gasteiger partial charge in [-0.25, -0.2) is 9.59 Å². The average molecular weight is 473 g/mol. The van der Waals surface area contributed by atoms with Crippen molar-refractivity contribution in [3.05, 3.63) is 71.4 Å². The SMILES string of the molecule is O=C(Nc1cc(C(=O)N2CCC[C@@H]3C[C@@]32C(=O)O)[nH]n1)OCC1c2ccccc2-c2ccccc21. The summed E-state index contributed by atoms with van der Waals surface area (Å²) in [5.41, 5.74) is 3.53. The summed E-state index contributed by atoms with van der Waals surface area (Å²) >= 11 is 0. The number of nitrogens with one attached hydrogen (secondary N) is 2. The number of rotatable bonds is 5. The molecule has 0 bridgehead atoms. The maximum Gasteiger partial charge on any atom is 0.412 e. The number of fused-ring (bicyclic) bond motifs is 4. The van der Waals surface area contributed by atoms with Gasteiger partial charge < -0.3 is 14.7 Å². The number of benzene rings is 2. The van der Waals surface area contributed by atoms with Crippen molar-refractivity contribution in [2.24, 2.45) is 5.92 Å². The second-order valence-corrected chi connectivity index (χ2v) is 9.35. The Balaban J connectivity index is 1.11. The summed E-state index contributed by atoms with van der Waals surface area (Å²) in [7, 11) is 0. The largest absolute Gasteiger partial charge is 0.479 e. The lowest BCUT2D eigenvalue weighted by Crippen LogP contribution is -2.51. The van der Waals surface area contributed by atoms with Crippen LogP contribution in [0.25, 0.3) is 11.1 Å². The molecule has 2 amide bonds. The highest BCUT2D eigenvalue weighted by Gasteiger charge is 2.66. The van der Waals surface area contributed by atoms with Crippen molar-refractivity contribution in [2.45, 2.75) is 30.7 Å². The fourth-order valence-corrected chi connectivity index (χ4v) is 5.72. The Morgan fingerprint density at radius 1 is 1.11 bits per heavy atom. The van der Waals surface area contributed by atoms with Gasteiger partial charge in [0.15, 0.2) is 5.82 Å². The summed E-state index contributed by atoms with van der Waals surface area (Å²) < 4.78 is 5.52. The van der Waals surface area contributed by atoms with E-state index in [9.17, 15) is 19.5 Å². The standard InChI is InChI=1S/C26H24N4O5/c31-23(30-11-5-6-15-13-26(15,30)24(32)33)21-12-22(29-28-21)27-25(34)35-14-20-18-9-3-1-7-16(18)17-8-2-4-10-19(17)20/h1-4,7-10,12,15,20H,5-6,11,13-14H2,(H,32,33)(H2,27,28,29,34)/t15-,26+/m1/s1. The molecule has 1 aromatic heterocycles. The molecule has 9 heteroatoms. The van der Waals surface area contributed by atoms with Crippen molar-refractivity contribution in [3.8, 4) is 11.1 Å². The molecule has 9 nitrogen and oxygen atoms in total. The number of H-pyrrole nitrogens is 1. The van der Waals surface area contributed by atoms with E-state index in [1.807, 2.05) is 36.4 Å². The van der Waals surface area contributed by atoms with Crippen molar-refractivity contribution < 1.29 is 24.2 Å². The van der Waals surface area contributed by atoms with Crippen LogP contribution in [0.3, 0.4) is 0 Å². The lowest BCUT2D eigenvalue weighted by Gasteiger charge is -2.33. The van der Waals surface area contributed by atoms with Gasteiger partial charge in [-0.2, -0.15) is 5.10 Å². The Hall–Kier alpha value is -4.14. The third-order valence-corrected chi connectivity index (χ3v) is 7.49. The van der Waals surface area contributed by atoms with E-state index < -0.39 is 23.5 Å². The van der Waals surface area contributed by atoms with Crippen molar-refractivity contribution in [1.82, 2.24) is 15.1 Å². The molecule has 2 aromatic carbocycles. The number of aliphatic carboxylic acids is 1. The lowest BCUT2D eigenvalue weighted by molar-refractivity contribution is -0.145. The summed E-state index contributed by atoms with van der Waals surface area (Å²) in [4.78, 5) is 38.8. The molecule has 0 spiro atoms. The molecule has 2 heterocycles. The van der Waals surface area contributed by atoms with Crippen LogP contribution in [0.4, 0.5) is 10.6 Å². The minimum absolute atomic E-state index is 0.000886. The number of carboxylic acids is 1. The molecule has 3 aliphatic rings. The first kappa shape index (κ1) is 21.4. The van der Waals surface area contributed by atoms with Gasteiger partial charge in [-0.3, -0.25) is 15.2 Å². The number of amides is 2. The van der Waals surface area contributed by atoms with Crippen LogP contribution >= 0.6 is 0 Å². The zero-order valence-corrected chi connectivity index (χ0v) is 18.9. The maximum absolute atomic E-state index is 13.0. The van der Waals surface area contributed by atoms with Gasteiger partial charge in [-0.05, 0) is 47.4 Å². The molecule has 3 aromatic rings. The first-order valence-corrected chi connectivity index (χ1v) is 11.7. The lowest BCUT2D eigenvalue weighted by atomic mass is 9.98. The second-order valence-electron chi connectivity index (χ2n) is 9.35. The smallest absolute Gasteiger partial charge is 0.412 e. The van der Waals surface area contributed by atoms with E-state index in [1.54, 1.807) is 0 Å². The molecule has 0 radical (unpaired) electrons. The fraction of sp³-hybridized carbons (Fsp3) is 0.308. The molecular weight excluding hydrogens is 448 g/mol. The fourth-order valence-electron chi connectivity index (χ4n) is 5.72. The Morgan fingerprint density at radius 2 is 1.80 bits per heavy atom. The Bertz CT molecular complexity index is 1310. The van der Waals surface area contributed by atoms with E-state index in [1.165, 1.54) is 11.0 Å². The third kappa shape index (κ3) is 3.38. The number of nitrogens with zero attached hydrogens (tertiary/aromatic N) is 2. The van der Waals surface area contributed by atoms with Crippen molar-refractivity contribution >= 4 is 23.8 Å². The summed E-state index contributed by atoms with van der Waals surface area (Å²) in [5, 5.41) is 18.9. The Labute approximate surface area is 201 Å². The molecule has 3 N–H and O–H groups in total. The van der Waals surface area contributed by atoms with Gasteiger partial charge in [0.25, 0.3) is 5.91 Å². The number of ether oxygens (including phenoxy) is 1. The third-order valence-electron chi connectivity index (χ3n) is 7.49. The van der Waals surface area contributed by atoms with Crippen molar-refractivity contribution in [2.75, 3.05) is 18.5 Å².